The van der Waals surface area contributed by atoms with Gasteiger partial charge in [-0.2, -0.15) is 0 Å². The number of hydrogen-bond acceptors (Lipinski definition) is 7. The molecule has 0 radical (unpaired) electrons. The van der Waals surface area contributed by atoms with Gasteiger partial charge in [0.2, 0.25) is 11.5 Å². The maximum atomic E-state index is 11.5. The zero-order valence-electron chi connectivity index (χ0n) is 8.41. The Morgan fingerprint density at radius 1 is 1.62 bits per heavy atom. The van der Waals surface area contributed by atoms with Gasteiger partial charge in [0, 0.05) is 7.05 Å². The Balaban J connectivity index is 1.99. The second kappa shape index (κ2) is 3.96. The summed E-state index contributed by atoms with van der Waals surface area (Å²) >= 11 is 0. The van der Waals surface area contributed by atoms with Crippen molar-refractivity contribution in [3.05, 3.63) is 17.8 Å². The summed E-state index contributed by atoms with van der Waals surface area (Å²) in [5.74, 6) is 0.0978. The molecule has 9 heteroatoms. The van der Waals surface area contributed by atoms with Gasteiger partial charge < -0.3 is 15.6 Å². The molecule has 2 heterocycles. The lowest BCUT2D eigenvalue weighted by Gasteiger charge is -2.01. The molecule has 0 atom stereocenters. The molecule has 2 rings (SSSR count). The standard InChI is InChI=1S/C7H9N7O2/c1-14-3-10-11-4(14)2-9-7(15)5-6(8)13-16-12-5/h3H,2H2,1H3,(H2,8,13)(H,9,15). The van der Waals surface area contributed by atoms with Gasteiger partial charge >= 0.3 is 0 Å². The van der Waals surface area contributed by atoms with Crippen LogP contribution in [0.2, 0.25) is 0 Å². The van der Waals surface area contributed by atoms with Crippen molar-refractivity contribution in [3.8, 4) is 0 Å². The zero-order chi connectivity index (χ0) is 11.5. The van der Waals surface area contributed by atoms with E-state index in [2.05, 4.69) is 30.5 Å². The normalized spacial score (nSPS) is 10.3. The minimum atomic E-state index is -0.471. The van der Waals surface area contributed by atoms with E-state index in [9.17, 15) is 4.79 Å². The lowest BCUT2D eigenvalue weighted by Crippen LogP contribution is -2.25. The van der Waals surface area contributed by atoms with Crippen molar-refractivity contribution in [1.29, 1.82) is 0 Å². The highest BCUT2D eigenvalue weighted by Gasteiger charge is 2.15. The number of nitrogen functional groups attached to an aromatic ring is 1. The zero-order valence-corrected chi connectivity index (χ0v) is 8.41. The number of nitrogens with two attached hydrogens (primary N) is 1. The topological polar surface area (TPSA) is 125 Å². The largest absolute Gasteiger partial charge is 0.379 e. The Bertz CT molecular complexity index is 502. The van der Waals surface area contributed by atoms with Crippen LogP contribution in [0.1, 0.15) is 16.3 Å². The second-order valence-corrected chi connectivity index (χ2v) is 3.04. The second-order valence-electron chi connectivity index (χ2n) is 3.04. The summed E-state index contributed by atoms with van der Waals surface area (Å²) in [7, 11) is 1.77. The van der Waals surface area contributed by atoms with Crippen LogP contribution in [0.5, 0.6) is 0 Å². The van der Waals surface area contributed by atoms with E-state index in [1.807, 2.05) is 0 Å². The molecule has 0 aromatic carbocycles. The number of aromatic nitrogens is 5. The summed E-state index contributed by atoms with van der Waals surface area (Å²) < 4.78 is 5.99. The number of carbonyl (C=O) groups excluding carboxylic acids is 1. The van der Waals surface area contributed by atoms with Gasteiger partial charge in [-0.3, -0.25) is 4.79 Å². The van der Waals surface area contributed by atoms with E-state index in [1.165, 1.54) is 6.33 Å². The van der Waals surface area contributed by atoms with Gasteiger partial charge in [-0.25, -0.2) is 4.63 Å². The van der Waals surface area contributed by atoms with Crippen molar-refractivity contribution in [1.82, 2.24) is 30.4 Å². The van der Waals surface area contributed by atoms with Crippen LogP contribution in [0.3, 0.4) is 0 Å². The fourth-order valence-electron chi connectivity index (χ4n) is 1.06. The van der Waals surface area contributed by atoms with Crippen LogP contribution in [0, 0.1) is 0 Å². The van der Waals surface area contributed by atoms with E-state index >= 15 is 0 Å². The molecular formula is C7H9N7O2. The molecule has 3 N–H and O–H groups in total. The maximum absolute atomic E-state index is 11.5. The molecule has 2 aromatic rings. The molecule has 9 nitrogen and oxygen atoms in total. The minimum Gasteiger partial charge on any atom is -0.379 e. The molecule has 0 bridgehead atoms. The third-order valence-corrected chi connectivity index (χ3v) is 1.94. The first-order valence-corrected chi connectivity index (χ1v) is 4.37. The average Bonchev–Trinajstić information content (AvgIpc) is 2.84. The fraction of sp³-hybridized carbons (Fsp3) is 0.286. The van der Waals surface area contributed by atoms with Crippen LogP contribution in [0.4, 0.5) is 5.82 Å². The van der Waals surface area contributed by atoms with Gasteiger partial charge in [-0.05, 0) is 10.3 Å². The number of carbonyl (C=O) groups is 1. The van der Waals surface area contributed by atoms with Crippen LogP contribution in [0.25, 0.3) is 0 Å². The number of hydrogen-bond donors (Lipinski definition) is 2. The first-order chi connectivity index (χ1) is 7.68. The molecule has 0 fully saturated rings. The van der Waals surface area contributed by atoms with Crippen molar-refractivity contribution < 1.29 is 9.42 Å². The minimum absolute atomic E-state index is 0.0397. The van der Waals surface area contributed by atoms with Crippen molar-refractivity contribution in [3.63, 3.8) is 0 Å². The van der Waals surface area contributed by atoms with Gasteiger partial charge in [0.05, 0.1) is 6.54 Å². The van der Waals surface area contributed by atoms with E-state index in [1.54, 1.807) is 11.6 Å². The Morgan fingerprint density at radius 2 is 2.44 bits per heavy atom. The molecule has 0 saturated heterocycles. The molecule has 0 spiro atoms. The number of anilines is 1. The van der Waals surface area contributed by atoms with E-state index in [4.69, 9.17) is 5.73 Å². The number of nitrogens with zero attached hydrogens (tertiary/aromatic N) is 5. The number of aryl methyl sites for hydroxylation is 1. The number of nitrogens with one attached hydrogen (secondary N) is 1. The van der Waals surface area contributed by atoms with Gasteiger partial charge in [0.25, 0.3) is 5.91 Å². The quantitative estimate of drug-likeness (QED) is 0.663. The molecule has 1 amide bonds. The fourth-order valence-corrected chi connectivity index (χ4v) is 1.06. The Labute approximate surface area is 89.6 Å². The molecule has 2 aromatic heterocycles. The Morgan fingerprint density at radius 3 is 3.00 bits per heavy atom. The van der Waals surface area contributed by atoms with E-state index in [-0.39, 0.29) is 18.1 Å². The summed E-state index contributed by atoms with van der Waals surface area (Å²) in [6, 6.07) is 0. The molecule has 0 aliphatic carbocycles. The lowest BCUT2D eigenvalue weighted by molar-refractivity contribution is 0.0940. The van der Waals surface area contributed by atoms with E-state index in [0.717, 1.165) is 0 Å². The number of amides is 1. The van der Waals surface area contributed by atoms with Crippen molar-refractivity contribution in [2.75, 3.05) is 5.73 Å². The third-order valence-electron chi connectivity index (χ3n) is 1.94. The highest BCUT2D eigenvalue weighted by molar-refractivity contribution is 5.95. The Kier molecular flexibility index (Phi) is 2.50. The van der Waals surface area contributed by atoms with E-state index in [0.29, 0.717) is 5.82 Å². The van der Waals surface area contributed by atoms with Gasteiger partial charge in [0.1, 0.15) is 6.33 Å². The lowest BCUT2D eigenvalue weighted by atomic mass is 10.4. The van der Waals surface area contributed by atoms with E-state index < -0.39 is 5.91 Å². The molecule has 0 aliphatic heterocycles. The van der Waals surface area contributed by atoms with Crippen molar-refractivity contribution >= 4 is 11.7 Å². The van der Waals surface area contributed by atoms with Crippen LogP contribution >= 0.6 is 0 Å². The van der Waals surface area contributed by atoms with Crippen molar-refractivity contribution in [2.45, 2.75) is 6.54 Å². The van der Waals surface area contributed by atoms with Gasteiger partial charge in [-0.15, -0.1) is 10.2 Å². The number of rotatable bonds is 3. The molecule has 0 unspecified atom stereocenters. The summed E-state index contributed by atoms with van der Waals surface area (Å²) in [4.78, 5) is 11.5. The summed E-state index contributed by atoms with van der Waals surface area (Å²) in [5, 5.41) is 16.7. The highest BCUT2D eigenvalue weighted by atomic mass is 16.6. The SMILES string of the molecule is Cn1cnnc1CNC(=O)c1nonc1N. The summed E-state index contributed by atoms with van der Waals surface area (Å²) in [6.45, 7) is 0.224. The first kappa shape index (κ1) is 10.1. The van der Waals surface area contributed by atoms with Gasteiger partial charge in [0.15, 0.2) is 5.82 Å². The van der Waals surface area contributed by atoms with Crippen LogP contribution in [0.15, 0.2) is 11.0 Å². The first-order valence-electron chi connectivity index (χ1n) is 4.37. The molecule has 84 valence electrons. The maximum Gasteiger partial charge on any atom is 0.277 e. The molecular weight excluding hydrogens is 214 g/mol. The molecule has 0 saturated carbocycles. The molecule has 16 heavy (non-hydrogen) atoms. The average molecular weight is 223 g/mol. The summed E-state index contributed by atoms with van der Waals surface area (Å²) in [5.41, 5.74) is 5.32. The van der Waals surface area contributed by atoms with Gasteiger partial charge in [-0.1, -0.05) is 0 Å². The predicted octanol–water partition coefficient (Wildman–Crippen LogP) is -1.29. The highest BCUT2D eigenvalue weighted by Crippen LogP contribution is 2.03. The molecule has 0 aliphatic rings. The third kappa shape index (κ3) is 1.82. The Hall–Kier alpha value is -2.45. The predicted molar refractivity (Wildman–Crippen MR) is 50.9 cm³/mol. The van der Waals surface area contributed by atoms with Crippen LogP contribution in [-0.4, -0.2) is 31.0 Å². The monoisotopic (exact) mass is 223 g/mol. The van der Waals surface area contributed by atoms with Crippen LogP contribution in [-0.2, 0) is 13.6 Å². The van der Waals surface area contributed by atoms with Crippen LogP contribution < -0.4 is 11.1 Å². The summed E-state index contributed by atoms with van der Waals surface area (Å²) in [6.07, 6.45) is 1.54. The smallest absolute Gasteiger partial charge is 0.277 e. The van der Waals surface area contributed by atoms with Crippen molar-refractivity contribution in [2.24, 2.45) is 7.05 Å².